The Bertz CT molecular complexity index is 550. The molecule has 1 unspecified atom stereocenters. The van der Waals surface area contributed by atoms with E-state index in [0.29, 0.717) is 12.2 Å². The van der Waals surface area contributed by atoms with Crippen molar-refractivity contribution >= 4 is 28.6 Å². The first-order valence-electron chi connectivity index (χ1n) is 6.40. The van der Waals surface area contributed by atoms with Crippen LogP contribution in [0, 0.1) is 5.41 Å². The van der Waals surface area contributed by atoms with Crippen LogP contribution in [0.1, 0.15) is 27.2 Å². The van der Waals surface area contributed by atoms with Gasteiger partial charge in [-0.05, 0) is 24.0 Å². The maximum atomic E-state index is 6.32. The molecule has 0 radical (unpaired) electrons. The highest BCUT2D eigenvalue weighted by molar-refractivity contribution is 6.20. The molecule has 0 fully saturated rings. The summed E-state index contributed by atoms with van der Waals surface area (Å²) in [5.74, 6) is 0.785. The Morgan fingerprint density at radius 1 is 1.21 bits per heavy atom. The first-order chi connectivity index (χ1) is 8.94. The van der Waals surface area contributed by atoms with Crippen molar-refractivity contribution < 1.29 is 0 Å². The Balaban J connectivity index is 1.98. The average molecular weight is 279 g/mol. The molecule has 2 aromatic rings. The highest BCUT2D eigenvalue weighted by Gasteiger charge is 2.16. The van der Waals surface area contributed by atoms with Gasteiger partial charge < -0.3 is 5.32 Å². The maximum Gasteiger partial charge on any atom is 0.180 e. The van der Waals surface area contributed by atoms with Crippen LogP contribution in [0.3, 0.4) is 0 Å². The molecule has 0 saturated carbocycles. The largest absolute Gasteiger partial charge is 0.369 e. The molecule has 0 aromatic carbocycles. The molecule has 102 valence electrons. The summed E-state index contributed by atoms with van der Waals surface area (Å²) in [4.78, 5) is 12.8. The molecule has 0 spiro atoms. The molecule has 1 N–H and O–H groups in total. The van der Waals surface area contributed by atoms with Gasteiger partial charge in [-0.2, -0.15) is 0 Å². The van der Waals surface area contributed by atoms with Gasteiger partial charge in [0.2, 0.25) is 0 Å². The Labute approximate surface area is 118 Å². The summed E-state index contributed by atoms with van der Waals surface area (Å²) in [5.41, 5.74) is 1.68. The summed E-state index contributed by atoms with van der Waals surface area (Å²) in [7, 11) is 0. The van der Waals surface area contributed by atoms with Crippen molar-refractivity contribution in [2.24, 2.45) is 5.41 Å². The number of rotatable bonds is 4. The number of pyridine rings is 1. The van der Waals surface area contributed by atoms with Gasteiger partial charge in [0.05, 0.1) is 5.38 Å². The second kappa shape index (κ2) is 5.70. The number of aromatic nitrogens is 3. The molecule has 0 aliphatic carbocycles. The van der Waals surface area contributed by atoms with E-state index < -0.39 is 0 Å². The zero-order valence-corrected chi connectivity index (χ0v) is 12.3. The van der Waals surface area contributed by atoms with Gasteiger partial charge >= 0.3 is 0 Å². The maximum absolute atomic E-state index is 6.32. The van der Waals surface area contributed by atoms with Gasteiger partial charge in [-0.1, -0.05) is 20.8 Å². The third kappa shape index (κ3) is 4.31. The zero-order valence-electron chi connectivity index (χ0n) is 11.5. The van der Waals surface area contributed by atoms with E-state index in [9.17, 15) is 0 Å². The summed E-state index contributed by atoms with van der Waals surface area (Å²) in [6.45, 7) is 7.25. The van der Waals surface area contributed by atoms with E-state index in [1.807, 2.05) is 12.1 Å². The monoisotopic (exact) mass is 278 g/mol. The van der Waals surface area contributed by atoms with E-state index >= 15 is 0 Å². The number of nitrogens with zero attached hydrogens (tertiary/aromatic N) is 3. The number of anilines is 1. The van der Waals surface area contributed by atoms with E-state index in [4.69, 9.17) is 11.6 Å². The number of alkyl halides is 1. The number of fused-ring (bicyclic) bond motifs is 1. The highest BCUT2D eigenvalue weighted by Crippen LogP contribution is 2.23. The first-order valence-corrected chi connectivity index (χ1v) is 6.83. The molecule has 0 amide bonds. The van der Waals surface area contributed by atoms with E-state index in [0.717, 1.165) is 17.8 Å². The van der Waals surface area contributed by atoms with Crippen molar-refractivity contribution in [2.75, 3.05) is 11.9 Å². The molecule has 4 nitrogen and oxygen atoms in total. The van der Waals surface area contributed by atoms with Gasteiger partial charge in [-0.3, -0.25) is 4.98 Å². The lowest BCUT2D eigenvalue weighted by Gasteiger charge is -2.22. The predicted molar refractivity (Wildman–Crippen MR) is 79.5 cm³/mol. The highest BCUT2D eigenvalue weighted by atomic mass is 35.5. The van der Waals surface area contributed by atoms with Gasteiger partial charge in [-0.25, -0.2) is 9.97 Å². The Kier molecular flexibility index (Phi) is 4.20. The third-order valence-corrected chi connectivity index (χ3v) is 2.98. The Morgan fingerprint density at radius 2 is 1.95 bits per heavy atom. The second-order valence-electron chi connectivity index (χ2n) is 5.84. The molecule has 0 aliphatic heterocycles. The van der Waals surface area contributed by atoms with Crippen LogP contribution in [0.5, 0.6) is 0 Å². The van der Waals surface area contributed by atoms with Crippen LogP contribution in [0.4, 0.5) is 5.82 Å². The molecule has 5 heteroatoms. The van der Waals surface area contributed by atoms with Gasteiger partial charge in [0, 0.05) is 18.9 Å². The molecule has 1 atom stereocenters. The summed E-state index contributed by atoms with van der Waals surface area (Å²) < 4.78 is 0. The summed E-state index contributed by atoms with van der Waals surface area (Å²) >= 11 is 6.32. The van der Waals surface area contributed by atoms with Crippen LogP contribution in [-0.2, 0) is 0 Å². The third-order valence-electron chi connectivity index (χ3n) is 2.67. The van der Waals surface area contributed by atoms with Crippen LogP contribution in [-0.4, -0.2) is 26.9 Å². The molecule has 0 bridgehead atoms. The van der Waals surface area contributed by atoms with E-state index in [1.165, 1.54) is 0 Å². The first kappa shape index (κ1) is 14.0. The molecule has 2 aromatic heterocycles. The van der Waals surface area contributed by atoms with Crippen molar-refractivity contribution in [3.63, 3.8) is 0 Å². The number of halogens is 1. The normalized spacial score (nSPS) is 13.5. The molecule has 0 saturated heterocycles. The topological polar surface area (TPSA) is 50.7 Å². The molecule has 0 aliphatic rings. The Morgan fingerprint density at radius 3 is 2.68 bits per heavy atom. The van der Waals surface area contributed by atoms with Crippen LogP contribution < -0.4 is 5.32 Å². The lowest BCUT2D eigenvalue weighted by Crippen LogP contribution is -2.21. The van der Waals surface area contributed by atoms with Crippen molar-refractivity contribution in [1.82, 2.24) is 15.0 Å². The fourth-order valence-corrected chi connectivity index (χ4v) is 2.44. The quantitative estimate of drug-likeness (QED) is 0.870. The minimum atomic E-state index is 0.0827. The molecular formula is C14H19ClN4. The van der Waals surface area contributed by atoms with Crippen LogP contribution in [0.25, 0.3) is 11.2 Å². The van der Waals surface area contributed by atoms with Crippen molar-refractivity contribution in [3.05, 3.63) is 24.5 Å². The number of hydrogen-bond acceptors (Lipinski definition) is 4. The minimum Gasteiger partial charge on any atom is -0.369 e. The van der Waals surface area contributed by atoms with Crippen molar-refractivity contribution in [1.29, 1.82) is 0 Å². The number of nitrogens with one attached hydrogen (secondary N) is 1. The lowest BCUT2D eigenvalue weighted by atomic mass is 9.90. The molecule has 2 rings (SSSR count). The van der Waals surface area contributed by atoms with Gasteiger partial charge in [0.15, 0.2) is 5.65 Å². The van der Waals surface area contributed by atoms with Crippen molar-refractivity contribution in [2.45, 2.75) is 32.6 Å². The molecular weight excluding hydrogens is 260 g/mol. The summed E-state index contributed by atoms with van der Waals surface area (Å²) in [5, 5.41) is 3.33. The fraction of sp³-hybridized carbons (Fsp3) is 0.500. The van der Waals surface area contributed by atoms with Gasteiger partial charge in [0.1, 0.15) is 11.3 Å². The standard InChI is InChI=1S/C14H19ClN4/c1-14(2,3)8-10(15)9-18-12-5-4-11-13(19-12)17-7-6-16-11/h4-7,10H,8-9H2,1-3H3,(H,17,18,19). The van der Waals surface area contributed by atoms with Gasteiger partial charge in [0.25, 0.3) is 0 Å². The smallest absolute Gasteiger partial charge is 0.180 e. The lowest BCUT2D eigenvalue weighted by molar-refractivity contribution is 0.373. The van der Waals surface area contributed by atoms with Crippen LogP contribution in [0.15, 0.2) is 24.5 Å². The van der Waals surface area contributed by atoms with Crippen molar-refractivity contribution in [3.8, 4) is 0 Å². The van der Waals surface area contributed by atoms with E-state index in [2.05, 4.69) is 41.0 Å². The SMILES string of the molecule is CC(C)(C)CC(Cl)CNc1ccc2nccnc2n1. The zero-order chi connectivity index (χ0) is 13.9. The van der Waals surface area contributed by atoms with Crippen LogP contribution in [0.2, 0.25) is 0 Å². The summed E-state index contributed by atoms with van der Waals surface area (Å²) in [6, 6.07) is 3.81. The summed E-state index contributed by atoms with van der Waals surface area (Å²) in [6.07, 6.45) is 4.26. The second-order valence-corrected chi connectivity index (χ2v) is 6.46. The molecule has 19 heavy (non-hydrogen) atoms. The Hall–Kier alpha value is -1.42. The number of hydrogen-bond donors (Lipinski definition) is 1. The fourth-order valence-electron chi connectivity index (χ4n) is 1.90. The predicted octanol–water partition coefficient (Wildman–Crippen LogP) is 3.48. The van der Waals surface area contributed by atoms with E-state index in [-0.39, 0.29) is 10.8 Å². The average Bonchev–Trinajstić information content (AvgIpc) is 2.34. The van der Waals surface area contributed by atoms with Crippen LogP contribution >= 0.6 is 11.6 Å². The minimum absolute atomic E-state index is 0.0827. The molecule has 2 heterocycles. The van der Waals surface area contributed by atoms with Gasteiger partial charge in [-0.15, -0.1) is 11.6 Å². The van der Waals surface area contributed by atoms with E-state index in [1.54, 1.807) is 12.4 Å².